The number of nitrogens with one attached hydrogen (secondary N) is 1. The Bertz CT molecular complexity index is 1040. The first-order valence-electron chi connectivity index (χ1n) is 8.38. The van der Waals surface area contributed by atoms with E-state index in [1.807, 2.05) is 30.3 Å². The summed E-state index contributed by atoms with van der Waals surface area (Å²) >= 11 is 1.11. The SMILES string of the molecule is COC(=O)c1sc2ncn(CC(=O)NCCc3ccccc3)c(=O)c2c1C. The second-order valence-corrected chi connectivity index (χ2v) is 6.99. The Morgan fingerprint density at radius 1 is 1.26 bits per heavy atom. The molecule has 0 radical (unpaired) electrons. The van der Waals surface area contributed by atoms with Crippen molar-refractivity contribution < 1.29 is 14.3 Å². The zero-order valence-electron chi connectivity index (χ0n) is 15.0. The molecule has 0 unspecified atom stereocenters. The molecule has 0 aliphatic rings. The van der Waals surface area contributed by atoms with Gasteiger partial charge in [0.15, 0.2) is 0 Å². The number of fused-ring (bicyclic) bond motifs is 1. The third kappa shape index (κ3) is 4.06. The number of methoxy groups -OCH3 is 1. The Morgan fingerprint density at radius 2 is 2.00 bits per heavy atom. The molecule has 3 aromatic rings. The van der Waals surface area contributed by atoms with Crippen molar-refractivity contribution in [3.63, 3.8) is 0 Å². The zero-order chi connectivity index (χ0) is 19.4. The fraction of sp³-hybridized carbons (Fsp3) is 0.263. The number of esters is 1. The van der Waals surface area contributed by atoms with E-state index in [2.05, 4.69) is 10.3 Å². The van der Waals surface area contributed by atoms with E-state index in [0.717, 1.165) is 16.9 Å². The normalized spacial score (nSPS) is 10.7. The minimum atomic E-state index is -0.500. The lowest BCUT2D eigenvalue weighted by molar-refractivity contribution is -0.121. The van der Waals surface area contributed by atoms with Crippen molar-refractivity contribution in [1.82, 2.24) is 14.9 Å². The van der Waals surface area contributed by atoms with Gasteiger partial charge in [-0.1, -0.05) is 30.3 Å². The van der Waals surface area contributed by atoms with Crippen LogP contribution < -0.4 is 10.9 Å². The van der Waals surface area contributed by atoms with E-state index in [4.69, 9.17) is 4.74 Å². The molecule has 3 rings (SSSR count). The highest BCUT2D eigenvalue weighted by Crippen LogP contribution is 2.27. The maximum Gasteiger partial charge on any atom is 0.348 e. The summed E-state index contributed by atoms with van der Waals surface area (Å²) in [6, 6.07) is 9.82. The number of nitrogens with zero attached hydrogens (tertiary/aromatic N) is 2. The molecular formula is C19H19N3O4S. The van der Waals surface area contributed by atoms with Gasteiger partial charge in [0.2, 0.25) is 5.91 Å². The van der Waals surface area contributed by atoms with Gasteiger partial charge in [-0.2, -0.15) is 0 Å². The molecule has 27 heavy (non-hydrogen) atoms. The third-order valence-corrected chi connectivity index (χ3v) is 5.36. The van der Waals surface area contributed by atoms with Crippen LogP contribution in [0, 0.1) is 6.92 Å². The number of carbonyl (C=O) groups excluding carboxylic acids is 2. The van der Waals surface area contributed by atoms with Crippen LogP contribution in [0.2, 0.25) is 0 Å². The van der Waals surface area contributed by atoms with Crippen LogP contribution in [-0.2, 0) is 22.5 Å². The molecule has 0 bridgehead atoms. The van der Waals surface area contributed by atoms with Crippen molar-refractivity contribution >= 4 is 33.4 Å². The smallest absolute Gasteiger partial charge is 0.348 e. The maximum atomic E-state index is 12.7. The van der Waals surface area contributed by atoms with Crippen molar-refractivity contribution in [2.24, 2.45) is 0 Å². The molecule has 2 heterocycles. The van der Waals surface area contributed by atoms with E-state index in [0.29, 0.717) is 33.6 Å². The fourth-order valence-electron chi connectivity index (χ4n) is 2.76. The van der Waals surface area contributed by atoms with Gasteiger partial charge in [0, 0.05) is 6.54 Å². The molecule has 7 nitrogen and oxygen atoms in total. The monoisotopic (exact) mass is 385 g/mol. The van der Waals surface area contributed by atoms with Crippen molar-refractivity contribution in [3.8, 4) is 0 Å². The zero-order valence-corrected chi connectivity index (χ0v) is 15.8. The Hall–Kier alpha value is -3.00. The van der Waals surface area contributed by atoms with Crippen LogP contribution in [0.4, 0.5) is 0 Å². The van der Waals surface area contributed by atoms with E-state index in [9.17, 15) is 14.4 Å². The number of carbonyl (C=O) groups is 2. The molecule has 1 aromatic carbocycles. The Labute approximate surface area is 159 Å². The van der Waals surface area contributed by atoms with Crippen molar-refractivity contribution in [3.05, 3.63) is 63.0 Å². The number of thiophene rings is 1. The van der Waals surface area contributed by atoms with E-state index in [1.54, 1.807) is 6.92 Å². The Morgan fingerprint density at radius 3 is 2.70 bits per heavy atom. The number of aryl methyl sites for hydroxylation is 1. The largest absolute Gasteiger partial charge is 0.465 e. The summed E-state index contributed by atoms with van der Waals surface area (Å²) in [7, 11) is 1.29. The molecule has 0 atom stereocenters. The lowest BCUT2D eigenvalue weighted by atomic mass is 10.1. The first-order valence-corrected chi connectivity index (χ1v) is 9.20. The van der Waals surface area contributed by atoms with Crippen molar-refractivity contribution in [2.45, 2.75) is 19.9 Å². The number of amides is 1. The number of ether oxygens (including phenoxy) is 1. The topological polar surface area (TPSA) is 90.3 Å². The molecular weight excluding hydrogens is 366 g/mol. The molecule has 0 fully saturated rings. The molecule has 1 N–H and O–H groups in total. The average molecular weight is 385 g/mol. The molecule has 2 aromatic heterocycles. The van der Waals surface area contributed by atoms with Gasteiger partial charge in [0.1, 0.15) is 16.3 Å². The molecule has 1 amide bonds. The second-order valence-electron chi connectivity index (χ2n) is 5.99. The summed E-state index contributed by atoms with van der Waals surface area (Å²) < 4.78 is 5.98. The predicted molar refractivity (Wildman–Crippen MR) is 103 cm³/mol. The van der Waals surface area contributed by atoms with Crippen LogP contribution in [0.25, 0.3) is 10.2 Å². The van der Waals surface area contributed by atoms with Crippen LogP contribution in [0.3, 0.4) is 0 Å². The van der Waals surface area contributed by atoms with Crippen LogP contribution >= 0.6 is 11.3 Å². The van der Waals surface area contributed by atoms with Crippen LogP contribution in [0.5, 0.6) is 0 Å². The molecule has 0 spiro atoms. The van der Waals surface area contributed by atoms with E-state index in [-0.39, 0.29) is 18.0 Å². The number of hydrogen-bond acceptors (Lipinski definition) is 6. The minimum absolute atomic E-state index is 0.126. The molecule has 0 aliphatic carbocycles. The highest BCUT2D eigenvalue weighted by atomic mass is 32.1. The predicted octanol–water partition coefficient (Wildman–Crippen LogP) is 1.91. The number of hydrogen-bond donors (Lipinski definition) is 1. The summed E-state index contributed by atoms with van der Waals surface area (Å²) in [6.07, 6.45) is 2.04. The van der Waals surface area contributed by atoms with Crippen LogP contribution in [0.15, 0.2) is 41.5 Å². The van der Waals surface area contributed by atoms with E-state index >= 15 is 0 Å². The van der Waals surface area contributed by atoms with Gasteiger partial charge in [-0.25, -0.2) is 9.78 Å². The highest BCUT2D eigenvalue weighted by molar-refractivity contribution is 7.20. The van der Waals surface area contributed by atoms with Gasteiger partial charge in [0.25, 0.3) is 5.56 Å². The van der Waals surface area contributed by atoms with Gasteiger partial charge in [0.05, 0.1) is 18.8 Å². The summed E-state index contributed by atoms with van der Waals surface area (Å²) in [4.78, 5) is 41.7. The molecule has 140 valence electrons. The molecule has 8 heteroatoms. The highest BCUT2D eigenvalue weighted by Gasteiger charge is 2.20. The van der Waals surface area contributed by atoms with Gasteiger partial charge in [-0.15, -0.1) is 11.3 Å². The van der Waals surface area contributed by atoms with Crippen LogP contribution in [0.1, 0.15) is 20.8 Å². The molecule has 0 saturated carbocycles. The Kier molecular flexibility index (Phi) is 5.66. The quantitative estimate of drug-likeness (QED) is 0.655. The summed E-state index contributed by atoms with van der Waals surface area (Å²) in [5.41, 5.74) is 1.31. The fourth-order valence-corrected chi connectivity index (χ4v) is 3.82. The summed E-state index contributed by atoms with van der Waals surface area (Å²) in [5, 5.41) is 3.15. The second kappa shape index (κ2) is 8.13. The van der Waals surface area contributed by atoms with Gasteiger partial charge < -0.3 is 10.1 Å². The van der Waals surface area contributed by atoms with Gasteiger partial charge >= 0.3 is 5.97 Å². The first kappa shape index (κ1) is 18.8. The Balaban J connectivity index is 1.72. The average Bonchev–Trinajstić information content (AvgIpc) is 3.01. The molecule has 0 aliphatic heterocycles. The summed E-state index contributed by atoms with van der Waals surface area (Å²) in [6.45, 7) is 2.04. The standard InChI is InChI=1S/C19H19N3O4S/c1-12-15-17(27-16(12)19(25)26-2)21-11-22(18(15)24)10-14(23)20-9-8-13-6-4-3-5-7-13/h3-7,11H,8-10H2,1-2H3,(H,20,23). The van der Waals surface area contributed by atoms with Crippen molar-refractivity contribution in [1.29, 1.82) is 0 Å². The van der Waals surface area contributed by atoms with Crippen molar-refractivity contribution in [2.75, 3.05) is 13.7 Å². The lowest BCUT2D eigenvalue weighted by Crippen LogP contribution is -2.33. The number of aromatic nitrogens is 2. The lowest BCUT2D eigenvalue weighted by Gasteiger charge is -2.07. The maximum absolute atomic E-state index is 12.7. The summed E-state index contributed by atoms with van der Waals surface area (Å²) in [5.74, 6) is -0.768. The number of benzene rings is 1. The van der Waals surface area contributed by atoms with Gasteiger partial charge in [-0.05, 0) is 24.5 Å². The van der Waals surface area contributed by atoms with E-state index < -0.39 is 5.97 Å². The van der Waals surface area contributed by atoms with E-state index in [1.165, 1.54) is 18.0 Å². The first-order chi connectivity index (χ1) is 13.0. The third-order valence-electron chi connectivity index (χ3n) is 4.18. The number of rotatable bonds is 6. The molecule has 0 saturated heterocycles. The van der Waals surface area contributed by atoms with Gasteiger partial charge in [-0.3, -0.25) is 14.2 Å². The van der Waals surface area contributed by atoms with Crippen LogP contribution in [-0.4, -0.2) is 35.1 Å². The minimum Gasteiger partial charge on any atom is -0.465 e.